The molecule has 0 atom stereocenters. The van der Waals surface area contributed by atoms with E-state index in [9.17, 15) is 4.79 Å². The molecular formula is C20H18ClN7O. The zero-order valence-corrected chi connectivity index (χ0v) is 16.8. The second-order valence-corrected chi connectivity index (χ2v) is 7.58. The molecule has 1 aliphatic heterocycles. The molecule has 0 saturated carbocycles. The van der Waals surface area contributed by atoms with Crippen LogP contribution in [-0.2, 0) is 20.0 Å². The van der Waals surface area contributed by atoms with E-state index >= 15 is 0 Å². The second kappa shape index (κ2) is 6.66. The third kappa shape index (κ3) is 2.96. The minimum absolute atomic E-state index is 0.0545. The van der Waals surface area contributed by atoms with Crippen LogP contribution in [0.1, 0.15) is 16.8 Å². The highest BCUT2D eigenvalue weighted by atomic mass is 35.5. The van der Waals surface area contributed by atoms with Crippen LogP contribution in [-0.4, -0.2) is 35.9 Å². The molecule has 5 heterocycles. The first kappa shape index (κ1) is 17.8. The van der Waals surface area contributed by atoms with Crippen molar-refractivity contribution in [1.82, 2.24) is 29.4 Å². The number of aromatic nitrogens is 6. The van der Waals surface area contributed by atoms with Gasteiger partial charge in [0.2, 0.25) is 0 Å². The van der Waals surface area contributed by atoms with Crippen molar-refractivity contribution in [2.24, 2.45) is 7.05 Å². The van der Waals surface area contributed by atoms with Gasteiger partial charge in [-0.3, -0.25) is 14.5 Å². The molecule has 9 heteroatoms. The molecule has 0 aliphatic carbocycles. The molecule has 0 saturated heterocycles. The summed E-state index contributed by atoms with van der Waals surface area (Å²) < 4.78 is 3.10. The van der Waals surface area contributed by atoms with Crippen molar-refractivity contribution in [2.45, 2.75) is 19.9 Å². The Kier molecular flexibility index (Phi) is 4.09. The third-order valence-electron chi connectivity index (χ3n) is 5.27. The van der Waals surface area contributed by atoms with Gasteiger partial charge in [0.25, 0.3) is 5.56 Å². The van der Waals surface area contributed by atoms with Gasteiger partial charge in [-0.15, -0.1) is 5.10 Å². The van der Waals surface area contributed by atoms with Crippen molar-refractivity contribution in [2.75, 3.05) is 11.4 Å². The van der Waals surface area contributed by atoms with Crippen LogP contribution in [0.5, 0.6) is 0 Å². The van der Waals surface area contributed by atoms with Gasteiger partial charge in [-0.2, -0.15) is 9.61 Å². The fourth-order valence-electron chi connectivity index (χ4n) is 3.78. The highest BCUT2D eigenvalue weighted by Gasteiger charge is 2.22. The zero-order valence-electron chi connectivity index (χ0n) is 16.0. The minimum atomic E-state index is -0.365. The molecule has 4 aromatic heterocycles. The maximum atomic E-state index is 12.4. The fourth-order valence-corrected chi connectivity index (χ4v) is 3.91. The normalized spacial score (nSPS) is 13.7. The maximum Gasteiger partial charge on any atom is 0.293 e. The van der Waals surface area contributed by atoms with Crippen molar-refractivity contribution in [3.05, 3.63) is 69.0 Å². The minimum Gasteiger partial charge on any atom is -0.350 e. The van der Waals surface area contributed by atoms with E-state index in [0.29, 0.717) is 12.2 Å². The predicted octanol–water partition coefficient (Wildman–Crippen LogP) is 2.41. The molecule has 0 fully saturated rings. The lowest BCUT2D eigenvalue weighted by Gasteiger charge is -2.30. The van der Waals surface area contributed by atoms with E-state index in [4.69, 9.17) is 11.6 Å². The Morgan fingerprint density at radius 1 is 1.17 bits per heavy atom. The molecule has 4 aromatic rings. The number of aryl methyl sites for hydroxylation is 2. The van der Waals surface area contributed by atoms with Crippen LogP contribution >= 0.6 is 11.6 Å². The quantitative estimate of drug-likeness (QED) is 0.507. The number of fused-ring (bicyclic) bond motifs is 2. The highest BCUT2D eigenvalue weighted by molar-refractivity contribution is 6.30. The lowest BCUT2D eigenvalue weighted by molar-refractivity contribution is 0.685. The summed E-state index contributed by atoms with van der Waals surface area (Å²) in [5, 5.41) is 8.86. The van der Waals surface area contributed by atoms with Crippen molar-refractivity contribution in [1.29, 1.82) is 0 Å². The van der Waals surface area contributed by atoms with E-state index < -0.39 is 0 Å². The van der Waals surface area contributed by atoms with E-state index in [2.05, 4.69) is 31.1 Å². The molecule has 0 aromatic carbocycles. The summed E-state index contributed by atoms with van der Waals surface area (Å²) in [7, 11) is 1.92. The molecule has 0 bridgehead atoms. The smallest absolute Gasteiger partial charge is 0.293 e. The molecule has 0 unspecified atom stereocenters. The fraction of sp³-hybridized carbons (Fsp3) is 0.250. The van der Waals surface area contributed by atoms with E-state index in [-0.39, 0.29) is 10.6 Å². The van der Waals surface area contributed by atoms with Gasteiger partial charge in [0.15, 0.2) is 11.5 Å². The molecular weight excluding hydrogens is 390 g/mol. The van der Waals surface area contributed by atoms with Crippen LogP contribution in [0.3, 0.4) is 0 Å². The number of anilines is 1. The summed E-state index contributed by atoms with van der Waals surface area (Å²) >= 11 is 5.95. The Morgan fingerprint density at radius 3 is 2.83 bits per heavy atom. The van der Waals surface area contributed by atoms with Crippen molar-refractivity contribution in [3.8, 4) is 11.3 Å². The van der Waals surface area contributed by atoms with Gasteiger partial charge < -0.3 is 4.90 Å². The van der Waals surface area contributed by atoms with Crippen LogP contribution in [0.4, 0.5) is 5.82 Å². The lowest BCUT2D eigenvalue weighted by atomic mass is 10.0. The molecule has 0 amide bonds. The molecule has 0 radical (unpaired) electrons. The first-order valence-electron chi connectivity index (χ1n) is 9.27. The van der Waals surface area contributed by atoms with Crippen LogP contribution < -0.4 is 10.5 Å². The molecule has 0 spiro atoms. The van der Waals surface area contributed by atoms with Crippen molar-refractivity contribution >= 4 is 23.1 Å². The van der Waals surface area contributed by atoms with Crippen LogP contribution in [0.25, 0.3) is 16.9 Å². The van der Waals surface area contributed by atoms with Gasteiger partial charge in [-0.05, 0) is 36.2 Å². The Morgan fingerprint density at radius 2 is 2.03 bits per heavy atom. The van der Waals surface area contributed by atoms with E-state index in [0.717, 1.165) is 46.9 Å². The maximum absolute atomic E-state index is 12.4. The molecule has 8 nitrogen and oxygen atoms in total. The summed E-state index contributed by atoms with van der Waals surface area (Å²) in [6, 6.07) is 5.99. The summed E-state index contributed by atoms with van der Waals surface area (Å²) in [4.78, 5) is 23.4. The summed E-state index contributed by atoms with van der Waals surface area (Å²) in [5.74, 6) is 0.750. The third-order valence-corrected chi connectivity index (χ3v) is 5.53. The van der Waals surface area contributed by atoms with Gasteiger partial charge in [0.1, 0.15) is 5.02 Å². The molecule has 29 heavy (non-hydrogen) atoms. The Labute approximate surface area is 171 Å². The second-order valence-electron chi connectivity index (χ2n) is 7.17. The Hall–Kier alpha value is -3.26. The van der Waals surface area contributed by atoms with Crippen LogP contribution in [0.2, 0.25) is 5.02 Å². The number of pyridine rings is 1. The number of nitrogens with zero attached hydrogens (tertiary/aromatic N) is 7. The first-order chi connectivity index (χ1) is 14.0. The summed E-state index contributed by atoms with van der Waals surface area (Å²) in [5.41, 5.74) is 5.36. The van der Waals surface area contributed by atoms with Crippen LogP contribution in [0.15, 0.2) is 41.6 Å². The summed E-state index contributed by atoms with van der Waals surface area (Å²) in [6.07, 6.45) is 5.85. The predicted molar refractivity (Wildman–Crippen MR) is 110 cm³/mol. The monoisotopic (exact) mass is 407 g/mol. The molecule has 146 valence electrons. The van der Waals surface area contributed by atoms with E-state index in [1.54, 1.807) is 6.20 Å². The molecule has 0 N–H and O–H groups in total. The average Bonchev–Trinajstić information content (AvgIpc) is 3.15. The standard InChI is InChI=1S/C20H18ClN7O/c1-12-7-18-23-10-15(21)20(29)28(18)25-19(12)27-6-4-16-14(11-27)8-13(9-22-16)17-3-5-24-26(17)2/h3,5,7-10H,4,6,11H2,1-2H3. The highest BCUT2D eigenvalue weighted by Crippen LogP contribution is 2.28. The van der Waals surface area contributed by atoms with Gasteiger partial charge in [-0.1, -0.05) is 11.6 Å². The van der Waals surface area contributed by atoms with Gasteiger partial charge in [-0.25, -0.2) is 4.98 Å². The average molecular weight is 408 g/mol. The number of hydrogen-bond donors (Lipinski definition) is 0. The summed E-state index contributed by atoms with van der Waals surface area (Å²) in [6.45, 7) is 3.41. The number of halogens is 1. The molecule has 1 aliphatic rings. The van der Waals surface area contributed by atoms with Gasteiger partial charge in [0, 0.05) is 50.2 Å². The topological polar surface area (TPSA) is 81.2 Å². The zero-order chi connectivity index (χ0) is 20.1. The SMILES string of the molecule is Cc1cc2ncc(Cl)c(=O)n2nc1N1CCc2ncc(-c3ccnn3C)cc2C1. The van der Waals surface area contributed by atoms with Crippen molar-refractivity contribution < 1.29 is 0 Å². The van der Waals surface area contributed by atoms with Crippen molar-refractivity contribution in [3.63, 3.8) is 0 Å². The van der Waals surface area contributed by atoms with E-state index in [1.165, 1.54) is 10.7 Å². The number of hydrogen-bond acceptors (Lipinski definition) is 6. The largest absolute Gasteiger partial charge is 0.350 e. The van der Waals surface area contributed by atoms with Crippen LogP contribution in [0, 0.1) is 6.92 Å². The van der Waals surface area contributed by atoms with Gasteiger partial charge in [0.05, 0.1) is 11.9 Å². The van der Waals surface area contributed by atoms with E-state index in [1.807, 2.05) is 37.0 Å². The lowest BCUT2D eigenvalue weighted by Crippen LogP contribution is -2.33. The first-order valence-corrected chi connectivity index (χ1v) is 9.65. The van der Waals surface area contributed by atoms with Gasteiger partial charge >= 0.3 is 0 Å². The molecule has 5 rings (SSSR count). The Bertz CT molecular complexity index is 1310. The number of rotatable bonds is 2. The Balaban J connectivity index is 1.55.